The molecule has 1 unspecified atom stereocenters. The lowest BCUT2D eigenvalue weighted by molar-refractivity contribution is -0.130. The lowest BCUT2D eigenvalue weighted by Crippen LogP contribution is -2.38. The lowest BCUT2D eigenvalue weighted by Gasteiger charge is -2.24. The second-order valence-electron chi connectivity index (χ2n) is 6.89. The monoisotopic (exact) mass is 363 g/mol. The number of nitrogens with two attached hydrogens (primary N) is 1. The Kier molecular flexibility index (Phi) is 6.36. The molecule has 0 radical (unpaired) electrons. The van der Waals surface area contributed by atoms with Crippen LogP contribution in [0.15, 0.2) is 65.7 Å². The molecule has 0 aromatic heterocycles. The Labute approximate surface area is 159 Å². The highest BCUT2D eigenvalue weighted by molar-refractivity contribution is 6.05. The van der Waals surface area contributed by atoms with Gasteiger partial charge in [-0.2, -0.15) is 4.99 Å². The van der Waals surface area contributed by atoms with E-state index < -0.39 is 11.9 Å². The largest absolute Gasteiger partial charge is 0.383 e. The molecule has 0 bridgehead atoms. The van der Waals surface area contributed by atoms with E-state index in [-0.39, 0.29) is 17.7 Å². The summed E-state index contributed by atoms with van der Waals surface area (Å²) in [5, 5.41) is 2.91. The van der Waals surface area contributed by atoms with Gasteiger partial charge in [0.15, 0.2) is 0 Å². The van der Waals surface area contributed by atoms with Crippen LogP contribution in [0.3, 0.4) is 0 Å². The molecule has 5 heteroatoms. The van der Waals surface area contributed by atoms with E-state index in [1.54, 1.807) is 12.1 Å². The Morgan fingerprint density at radius 1 is 0.926 bits per heavy atom. The van der Waals surface area contributed by atoms with Gasteiger partial charge in [-0.05, 0) is 18.4 Å². The molecule has 0 heterocycles. The molecule has 1 atom stereocenters. The van der Waals surface area contributed by atoms with E-state index in [2.05, 4.69) is 10.3 Å². The predicted molar refractivity (Wildman–Crippen MR) is 106 cm³/mol. The number of hydrogen-bond acceptors (Lipinski definition) is 2. The van der Waals surface area contributed by atoms with E-state index in [0.29, 0.717) is 11.1 Å². The third-order valence-electron chi connectivity index (χ3n) is 4.94. The fraction of sp³-hybridized carbons (Fsp3) is 0.318. The highest BCUT2D eigenvalue weighted by Crippen LogP contribution is 2.25. The van der Waals surface area contributed by atoms with Crippen LogP contribution < -0.4 is 11.1 Å². The fourth-order valence-corrected chi connectivity index (χ4v) is 3.41. The number of rotatable bonds is 5. The number of benzene rings is 2. The molecule has 2 aromatic carbocycles. The number of carbonyl (C=O) groups excluding carboxylic acids is 2. The van der Waals surface area contributed by atoms with Gasteiger partial charge < -0.3 is 11.1 Å². The molecule has 2 amide bonds. The summed E-state index contributed by atoms with van der Waals surface area (Å²) in [4.78, 5) is 29.6. The molecular weight excluding hydrogens is 338 g/mol. The third-order valence-corrected chi connectivity index (χ3v) is 4.94. The first-order chi connectivity index (χ1) is 13.1. The molecular formula is C22H25N3O2. The van der Waals surface area contributed by atoms with Gasteiger partial charge >= 0.3 is 0 Å². The summed E-state index contributed by atoms with van der Waals surface area (Å²) in [6, 6.07) is 17.5. The maximum absolute atomic E-state index is 12.9. The second kappa shape index (κ2) is 9.12. The molecule has 1 saturated carbocycles. The summed E-state index contributed by atoms with van der Waals surface area (Å²) in [6.07, 6.45) is 5.03. The van der Waals surface area contributed by atoms with Gasteiger partial charge in [-0.3, -0.25) is 9.59 Å². The van der Waals surface area contributed by atoms with Crippen molar-refractivity contribution in [2.45, 2.75) is 38.1 Å². The Hall–Kier alpha value is -2.95. The fourth-order valence-electron chi connectivity index (χ4n) is 3.41. The third kappa shape index (κ3) is 5.03. The van der Waals surface area contributed by atoms with Crippen molar-refractivity contribution in [3.05, 3.63) is 71.8 Å². The average molecular weight is 363 g/mol. The van der Waals surface area contributed by atoms with Crippen molar-refractivity contribution < 1.29 is 9.59 Å². The topological polar surface area (TPSA) is 84.5 Å². The summed E-state index contributed by atoms with van der Waals surface area (Å²) < 4.78 is 0. The zero-order valence-corrected chi connectivity index (χ0v) is 15.3. The Balaban J connectivity index is 1.81. The molecule has 3 N–H and O–H groups in total. The van der Waals surface area contributed by atoms with Gasteiger partial charge in [0.2, 0.25) is 5.91 Å². The van der Waals surface area contributed by atoms with Gasteiger partial charge in [0.1, 0.15) is 11.9 Å². The van der Waals surface area contributed by atoms with Crippen LogP contribution in [0.4, 0.5) is 0 Å². The van der Waals surface area contributed by atoms with Crippen molar-refractivity contribution in [1.82, 2.24) is 5.32 Å². The number of aliphatic imine (C=N–C) groups is 1. The first kappa shape index (κ1) is 18.8. The quantitative estimate of drug-likeness (QED) is 0.631. The summed E-state index contributed by atoms with van der Waals surface area (Å²) in [7, 11) is 0. The van der Waals surface area contributed by atoms with Crippen LogP contribution in [0.2, 0.25) is 0 Å². The average Bonchev–Trinajstić information content (AvgIpc) is 2.73. The number of nitrogens with zero attached hydrogens (tertiary/aromatic N) is 1. The Morgan fingerprint density at radius 2 is 1.52 bits per heavy atom. The maximum atomic E-state index is 12.9. The van der Waals surface area contributed by atoms with Crippen molar-refractivity contribution in [3.63, 3.8) is 0 Å². The number of hydrogen-bond donors (Lipinski definition) is 2. The molecule has 1 aliphatic carbocycles. The number of nitrogens with one attached hydrogen (secondary N) is 1. The lowest BCUT2D eigenvalue weighted by atomic mass is 9.88. The Morgan fingerprint density at radius 3 is 2.15 bits per heavy atom. The van der Waals surface area contributed by atoms with E-state index in [9.17, 15) is 9.59 Å². The minimum absolute atomic E-state index is 0.0341. The zero-order chi connectivity index (χ0) is 19.1. The standard InChI is InChI=1S/C22H25N3O2/c23-20(17-12-6-2-7-13-17)25-22(27)19(16-10-4-1-5-11-16)24-21(26)18-14-8-3-9-15-18/h1-2,4-7,10-13,18-19H,3,8-9,14-15H2,(H,24,26)(H2,23,25,27). The number of amidine groups is 1. The second-order valence-corrected chi connectivity index (χ2v) is 6.89. The van der Waals surface area contributed by atoms with Crippen molar-refractivity contribution >= 4 is 17.6 Å². The van der Waals surface area contributed by atoms with E-state index in [0.717, 1.165) is 25.7 Å². The smallest absolute Gasteiger partial charge is 0.274 e. The molecule has 0 saturated heterocycles. The van der Waals surface area contributed by atoms with Crippen LogP contribution >= 0.6 is 0 Å². The van der Waals surface area contributed by atoms with E-state index in [1.807, 2.05) is 48.5 Å². The van der Waals surface area contributed by atoms with Crippen molar-refractivity contribution in [2.75, 3.05) is 0 Å². The number of amides is 2. The van der Waals surface area contributed by atoms with Crippen LogP contribution in [0, 0.1) is 5.92 Å². The van der Waals surface area contributed by atoms with Crippen molar-refractivity contribution in [2.24, 2.45) is 16.6 Å². The van der Waals surface area contributed by atoms with E-state index >= 15 is 0 Å². The van der Waals surface area contributed by atoms with Crippen molar-refractivity contribution in [1.29, 1.82) is 0 Å². The van der Waals surface area contributed by atoms with Gasteiger partial charge in [-0.15, -0.1) is 0 Å². The van der Waals surface area contributed by atoms with Crippen LogP contribution in [-0.2, 0) is 9.59 Å². The van der Waals surface area contributed by atoms with Crippen LogP contribution in [0.25, 0.3) is 0 Å². The minimum atomic E-state index is -0.831. The zero-order valence-electron chi connectivity index (χ0n) is 15.3. The van der Waals surface area contributed by atoms with Crippen LogP contribution in [0.1, 0.15) is 49.3 Å². The van der Waals surface area contributed by atoms with Crippen molar-refractivity contribution in [3.8, 4) is 0 Å². The molecule has 3 rings (SSSR count). The molecule has 1 aliphatic rings. The first-order valence-corrected chi connectivity index (χ1v) is 9.44. The van der Waals surface area contributed by atoms with Gasteiger partial charge in [0.05, 0.1) is 0 Å². The summed E-state index contributed by atoms with van der Waals surface area (Å²) >= 11 is 0. The molecule has 0 spiro atoms. The van der Waals surface area contributed by atoms with Crippen LogP contribution in [-0.4, -0.2) is 17.6 Å². The van der Waals surface area contributed by atoms with Gasteiger partial charge in [-0.1, -0.05) is 79.9 Å². The van der Waals surface area contributed by atoms with Gasteiger partial charge in [-0.25, -0.2) is 0 Å². The maximum Gasteiger partial charge on any atom is 0.274 e. The highest BCUT2D eigenvalue weighted by Gasteiger charge is 2.27. The molecule has 27 heavy (non-hydrogen) atoms. The minimum Gasteiger partial charge on any atom is -0.383 e. The van der Waals surface area contributed by atoms with Gasteiger partial charge in [0, 0.05) is 11.5 Å². The normalized spacial score (nSPS) is 16.5. The van der Waals surface area contributed by atoms with Gasteiger partial charge in [0.25, 0.3) is 5.91 Å². The summed E-state index contributed by atoms with van der Waals surface area (Å²) in [5.74, 6) is -0.432. The molecule has 2 aromatic rings. The summed E-state index contributed by atoms with van der Waals surface area (Å²) in [5.41, 5.74) is 7.38. The summed E-state index contributed by atoms with van der Waals surface area (Å²) in [6.45, 7) is 0. The molecule has 140 valence electrons. The highest BCUT2D eigenvalue weighted by atomic mass is 16.2. The SMILES string of the molecule is NC(=NC(=O)C(NC(=O)C1CCCCC1)c1ccccc1)c1ccccc1. The first-order valence-electron chi connectivity index (χ1n) is 9.44. The van der Waals surface area contributed by atoms with Crippen LogP contribution in [0.5, 0.6) is 0 Å². The molecule has 5 nitrogen and oxygen atoms in total. The van der Waals surface area contributed by atoms with E-state index in [1.165, 1.54) is 6.42 Å². The predicted octanol–water partition coefficient (Wildman–Crippen LogP) is 3.36. The number of carbonyl (C=O) groups is 2. The Bertz CT molecular complexity index is 797. The molecule has 1 fully saturated rings. The van der Waals surface area contributed by atoms with E-state index in [4.69, 9.17) is 5.73 Å². The molecule has 0 aliphatic heterocycles.